The number of thiophene rings is 1. The van der Waals surface area contributed by atoms with Gasteiger partial charge in [0.2, 0.25) is 0 Å². The Morgan fingerprint density at radius 2 is 2.12 bits per heavy atom. The predicted octanol–water partition coefficient (Wildman–Crippen LogP) is 3.83. The van der Waals surface area contributed by atoms with Crippen LogP contribution in [0.2, 0.25) is 0 Å². The van der Waals surface area contributed by atoms with Gasteiger partial charge in [-0.15, -0.1) is 11.3 Å². The van der Waals surface area contributed by atoms with Crippen molar-refractivity contribution in [3.63, 3.8) is 0 Å². The van der Waals surface area contributed by atoms with E-state index in [0.717, 1.165) is 18.4 Å². The Hall–Kier alpha value is -0.380. The predicted molar refractivity (Wildman–Crippen MR) is 71.5 cm³/mol. The van der Waals surface area contributed by atoms with Gasteiger partial charge in [-0.1, -0.05) is 19.3 Å². The van der Waals surface area contributed by atoms with Gasteiger partial charge in [-0.05, 0) is 43.7 Å². The van der Waals surface area contributed by atoms with Crippen molar-refractivity contribution >= 4 is 11.3 Å². The largest absolute Gasteiger partial charge is 0.385 e. The molecule has 96 valence electrons. The van der Waals surface area contributed by atoms with E-state index in [2.05, 4.69) is 18.4 Å². The van der Waals surface area contributed by atoms with Crippen molar-refractivity contribution in [2.45, 2.75) is 57.7 Å². The maximum Gasteiger partial charge on any atom is 0.109 e. The zero-order chi connectivity index (χ0) is 12.3. The number of rotatable bonds is 4. The van der Waals surface area contributed by atoms with Crippen LogP contribution in [0.4, 0.5) is 0 Å². The molecule has 1 atom stereocenters. The summed E-state index contributed by atoms with van der Waals surface area (Å²) in [6.45, 7) is 4.78. The van der Waals surface area contributed by atoms with Gasteiger partial charge in [0, 0.05) is 11.5 Å². The molecule has 17 heavy (non-hydrogen) atoms. The van der Waals surface area contributed by atoms with Crippen LogP contribution in [0.25, 0.3) is 0 Å². The maximum absolute atomic E-state index is 10.6. The minimum absolute atomic E-state index is 0.333. The minimum atomic E-state index is -0.465. The molecule has 1 fully saturated rings. The van der Waals surface area contributed by atoms with E-state index in [1.165, 1.54) is 24.1 Å². The molecule has 1 N–H and O–H groups in total. The van der Waals surface area contributed by atoms with Gasteiger partial charge in [0.05, 0.1) is 5.60 Å². The van der Waals surface area contributed by atoms with Gasteiger partial charge in [0.1, 0.15) is 6.10 Å². The van der Waals surface area contributed by atoms with Gasteiger partial charge in [-0.3, -0.25) is 0 Å². The summed E-state index contributed by atoms with van der Waals surface area (Å²) in [5.74, 6) is 0. The first-order chi connectivity index (χ1) is 8.18. The second-order valence-electron chi connectivity index (χ2n) is 4.95. The highest BCUT2D eigenvalue weighted by molar-refractivity contribution is 7.10. The summed E-state index contributed by atoms with van der Waals surface area (Å²) in [7, 11) is 0. The van der Waals surface area contributed by atoms with Gasteiger partial charge in [0.15, 0.2) is 0 Å². The van der Waals surface area contributed by atoms with Crippen molar-refractivity contribution < 1.29 is 9.84 Å². The zero-order valence-corrected chi connectivity index (χ0v) is 11.6. The van der Waals surface area contributed by atoms with Gasteiger partial charge in [-0.2, -0.15) is 0 Å². The zero-order valence-electron chi connectivity index (χ0n) is 10.7. The molecule has 2 rings (SSSR count). The van der Waals surface area contributed by atoms with Gasteiger partial charge < -0.3 is 9.84 Å². The first-order valence-corrected chi connectivity index (χ1v) is 7.43. The molecule has 0 saturated heterocycles. The fourth-order valence-electron chi connectivity index (χ4n) is 2.85. The van der Waals surface area contributed by atoms with E-state index < -0.39 is 6.10 Å². The molecular weight excluding hydrogens is 232 g/mol. The van der Waals surface area contributed by atoms with Crippen LogP contribution in [0.15, 0.2) is 11.4 Å². The van der Waals surface area contributed by atoms with Crippen LogP contribution in [-0.2, 0) is 4.74 Å². The quantitative estimate of drug-likeness (QED) is 0.885. The first kappa shape index (κ1) is 13.1. The number of aryl methyl sites for hydroxylation is 1. The summed E-state index contributed by atoms with van der Waals surface area (Å²) in [5.41, 5.74) is 0.698. The molecule has 0 aliphatic heterocycles. The highest BCUT2D eigenvalue weighted by atomic mass is 32.1. The average Bonchev–Trinajstić information content (AvgIpc) is 2.76. The molecule has 1 aliphatic carbocycles. The molecule has 1 unspecified atom stereocenters. The van der Waals surface area contributed by atoms with E-state index in [9.17, 15) is 5.11 Å². The molecule has 1 aromatic heterocycles. The Balaban J connectivity index is 2.20. The normalized spacial score (nSPS) is 21.4. The van der Waals surface area contributed by atoms with E-state index in [4.69, 9.17) is 4.74 Å². The Morgan fingerprint density at radius 1 is 1.41 bits per heavy atom. The lowest BCUT2D eigenvalue weighted by Gasteiger charge is -2.40. The Kier molecular flexibility index (Phi) is 4.23. The smallest absolute Gasteiger partial charge is 0.109 e. The number of hydrogen-bond acceptors (Lipinski definition) is 3. The van der Waals surface area contributed by atoms with Gasteiger partial charge in [0.25, 0.3) is 0 Å². The molecular formula is C14H22O2S. The number of aliphatic hydroxyl groups excluding tert-OH is 1. The molecule has 0 radical (unpaired) electrons. The van der Waals surface area contributed by atoms with E-state index in [0.29, 0.717) is 6.61 Å². The average molecular weight is 254 g/mol. The standard InChI is InChI=1S/C14H22O2S/c1-3-16-14(7-5-4-6-8-14)13(15)12-9-11(2)17-10-12/h9-10,13,15H,3-8H2,1-2H3. The number of aliphatic hydroxyl groups is 1. The topological polar surface area (TPSA) is 29.5 Å². The molecule has 0 aromatic carbocycles. The van der Waals surface area contributed by atoms with Gasteiger partial charge >= 0.3 is 0 Å². The Morgan fingerprint density at radius 3 is 2.65 bits per heavy atom. The second kappa shape index (κ2) is 5.51. The third-order valence-corrected chi connectivity index (χ3v) is 4.58. The van der Waals surface area contributed by atoms with Gasteiger partial charge in [-0.25, -0.2) is 0 Å². The monoisotopic (exact) mass is 254 g/mol. The van der Waals surface area contributed by atoms with Crippen molar-refractivity contribution in [1.82, 2.24) is 0 Å². The van der Waals surface area contributed by atoms with Crippen molar-refractivity contribution in [2.24, 2.45) is 0 Å². The summed E-state index contributed by atoms with van der Waals surface area (Å²) in [4.78, 5) is 1.25. The van der Waals surface area contributed by atoms with Crippen molar-refractivity contribution in [3.8, 4) is 0 Å². The highest BCUT2D eigenvalue weighted by Gasteiger charge is 2.40. The summed E-state index contributed by atoms with van der Waals surface area (Å²) in [5, 5.41) is 12.7. The molecule has 0 bridgehead atoms. The fraction of sp³-hybridized carbons (Fsp3) is 0.714. The highest BCUT2D eigenvalue weighted by Crippen LogP contribution is 2.42. The third kappa shape index (κ3) is 2.72. The third-order valence-electron chi connectivity index (χ3n) is 3.70. The summed E-state index contributed by atoms with van der Waals surface area (Å²) in [6, 6.07) is 2.09. The molecule has 0 amide bonds. The van der Waals surface area contributed by atoms with Crippen LogP contribution in [-0.4, -0.2) is 17.3 Å². The lowest BCUT2D eigenvalue weighted by molar-refractivity contribution is -0.141. The Labute approximate surface area is 108 Å². The van der Waals surface area contributed by atoms with Crippen molar-refractivity contribution in [2.75, 3.05) is 6.61 Å². The van der Waals surface area contributed by atoms with Crippen LogP contribution in [0.1, 0.15) is 55.6 Å². The molecule has 0 spiro atoms. The molecule has 1 heterocycles. The molecule has 3 heteroatoms. The first-order valence-electron chi connectivity index (χ1n) is 6.55. The van der Waals surface area contributed by atoms with E-state index >= 15 is 0 Å². The van der Waals surface area contributed by atoms with Crippen LogP contribution in [0, 0.1) is 6.92 Å². The molecule has 1 saturated carbocycles. The number of hydrogen-bond donors (Lipinski definition) is 1. The van der Waals surface area contributed by atoms with Crippen LogP contribution in [0.5, 0.6) is 0 Å². The molecule has 1 aliphatic rings. The number of ether oxygens (including phenoxy) is 1. The van der Waals surface area contributed by atoms with E-state index in [-0.39, 0.29) is 5.60 Å². The summed E-state index contributed by atoms with van der Waals surface area (Å²) in [6.07, 6.45) is 5.10. The summed E-state index contributed by atoms with van der Waals surface area (Å²) >= 11 is 1.70. The van der Waals surface area contributed by atoms with Crippen molar-refractivity contribution in [1.29, 1.82) is 0 Å². The fourth-order valence-corrected chi connectivity index (χ4v) is 3.57. The van der Waals surface area contributed by atoms with E-state index in [1.54, 1.807) is 11.3 Å². The minimum Gasteiger partial charge on any atom is -0.385 e. The van der Waals surface area contributed by atoms with E-state index in [1.807, 2.05) is 6.92 Å². The molecule has 1 aromatic rings. The van der Waals surface area contributed by atoms with Crippen LogP contribution < -0.4 is 0 Å². The lowest BCUT2D eigenvalue weighted by Crippen LogP contribution is -2.41. The summed E-state index contributed by atoms with van der Waals surface area (Å²) < 4.78 is 5.95. The van der Waals surface area contributed by atoms with Crippen molar-refractivity contribution in [3.05, 3.63) is 21.9 Å². The van der Waals surface area contributed by atoms with Crippen LogP contribution >= 0.6 is 11.3 Å². The SMILES string of the molecule is CCOC1(C(O)c2csc(C)c2)CCCCC1. The Bertz CT molecular complexity index is 347. The lowest BCUT2D eigenvalue weighted by atomic mass is 9.78. The maximum atomic E-state index is 10.6. The van der Waals surface area contributed by atoms with Crippen LogP contribution in [0.3, 0.4) is 0 Å². The second-order valence-corrected chi connectivity index (χ2v) is 6.07. The molecule has 2 nitrogen and oxygen atoms in total.